The van der Waals surface area contributed by atoms with Gasteiger partial charge < -0.3 is 4.84 Å². The van der Waals surface area contributed by atoms with E-state index in [0.717, 1.165) is 0 Å². The molecule has 10 heteroatoms. The van der Waals surface area contributed by atoms with Gasteiger partial charge >= 0.3 is 0 Å². The number of hydrogen-bond acceptors (Lipinski definition) is 8. The third-order valence-corrected chi connectivity index (χ3v) is 4.98. The molecule has 2 atom stereocenters. The number of benzene rings is 1. The summed E-state index contributed by atoms with van der Waals surface area (Å²) in [6.07, 6.45) is -1.29. The number of amides is 2. The van der Waals surface area contributed by atoms with Gasteiger partial charge in [-0.2, -0.15) is 0 Å². The van der Waals surface area contributed by atoms with Crippen molar-refractivity contribution in [3.63, 3.8) is 0 Å². The predicted octanol–water partition coefficient (Wildman–Crippen LogP) is 1.78. The van der Waals surface area contributed by atoms with E-state index in [1.54, 1.807) is 17.5 Å². The van der Waals surface area contributed by atoms with Crippen LogP contribution in [-0.2, 0) is 14.4 Å². The number of oxime groups is 1. The first-order valence-corrected chi connectivity index (χ1v) is 8.32. The zero-order chi connectivity index (χ0) is 18.4. The number of carbonyl (C=O) groups excluding carboxylic acids is 3. The Morgan fingerprint density at radius 3 is 2.65 bits per heavy atom. The Hall–Kier alpha value is -3.40. The Morgan fingerprint density at radius 2 is 1.96 bits per heavy atom. The fraction of sp³-hybridized carbons (Fsp3) is 0.125. The highest BCUT2D eigenvalue weighted by molar-refractivity contribution is 7.13. The summed E-state index contributed by atoms with van der Waals surface area (Å²) in [5.74, 6) is -3.27. The van der Waals surface area contributed by atoms with Gasteiger partial charge in [0.15, 0.2) is 0 Å². The van der Waals surface area contributed by atoms with Gasteiger partial charge in [0, 0.05) is 6.07 Å². The van der Waals surface area contributed by atoms with E-state index in [0.29, 0.717) is 9.78 Å². The molecule has 2 aliphatic rings. The molecule has 2 aromatic rings. The topological polar surface area (TPSA) is 119 Å². The first-order chi connectivity index (χ1) is 12.5. The minimum absolute atomic E-state index is 0.159. The smallest absolute Gasteiger partial charge is 0.293 e. The van der Waals surface area contributed by atoms with Crippen LogP contribution >= 0.6 is 11.3 Å². The maximum absolute atomic E-state index is 12.8. The Morgan fingerprint density at radius 1 is 1.19 bits per heavy atom. The van der Waals surface area contributed by atoms with Crippen molar-refractivity contribution < 1.29 is 24.1 Å². The largest absolute Gasteiger partial charge is 0.381 e. The summed E-state index contributed by atoms with van der Waals surface area (Å²) in [6.45, 7) is 0. The molecule has 4 rings (SSSR count). The summed E-state index contributed by atoms with van der Waals surface area (Å²) in [7, 11) is 0. The molecule has 2 amide bonds. The second-order valence-electron chi connectivity index (χ2n) is 5.54. The molecule has 2 aliphatic heterocycles. The molecule has 9 nitrogen and oxygen atoms in total. The summed E-state index contributed by atoms with van der Waals surface area (Å²) < 4.78 is 0. The number of hydrogen-bond donors (Lipinski definition) is 0. The van der Waals surface area contributed by atoms with Crippen LogP contribution in [0.25, 0.3) is 0 Å². The lowest BCUT2D eigenvalue weighted by atomic mass is 9.96. The average Bonchev–Trinajstić information content (AvgIpc) is 3.34. The van der Waals surface area contributed by atoms with Crippen LogP contribution in [0.2, 0.25) is 0 Å². The fourth-order valence-electron chi connectivity index (χ4n) is 2.95. The van der Waals surface area contributed by atoms with E-state index in [9.17, 15) is 24.5 Å². The lowest BCUT2D eigenvalue weighted by molar-refractivity contribution is -0.384. The number of anilines is 1. The van der Waals surface area contributed by atoms with Crippen molar-refractivity contribution in [1.82, 2.24) is 0 Å². The molecular weight excluding hydrogens is 362 g/mol. The second-order valence-corrected chi connectivity index (χ2v) is 6.49. The minimum atomic E-state index is -1.29. The van der Waals surface area contributed by atoms with Crippen LogP contribution in [0.5, 0.6) is 0 Å². The molecule has 2 unspecified atom stereocenters. The van der Waals surface area contributed by atoms with E-state index >= 15 is 0 Å². The van der Waals surface area contributed by atoms with Crippen molar-refractivity contribution in [3.05, 3.63) is 56.8 Å². The third-order valence-electron chi connectivity index (χ3n) is 4.11. The summed E-state index contributed by atoms with van der Waals surface area (Å²) in [4.78, 5) is 54.6. The van der Waals surface area contributed by atoms with E-state index in [-0.39, 0.29) is 11.4 Å². The number of nitro benzene ring substituents is 1. The number of nitro groups is 1. The minimum Gasteiger partial charge on any atom is -0.381 e. The monoisotopic (exact) mass is 371 g/mol. The Kier molecular flexibility index (Phi) is 3.62. The second kappa shape index (κ2) is 5.85. The van der Waals surface area contributed by atoms with Crippen molar-refractivity contribution >= 4 is 46.0 Å². The van der Waals surface area contributed by atoms with Crippen LogP contribution in [0.15, 0.2) is 46.9 Å². The molecule has 1 aromatic carbocycles. The van der Waals surface area contributed by atoms with E-state index in [1.807, 2.05) is 0 Å². The maximum atomic E-state index is 12.8. The summed E-state index contributed by atoms with van der Waals surface area (Å²) in [5.41, 5.74) is -0.720. The van der Waals surface area contributed by atoms with Gasteiger partial charge in [0.1, 0.15) is 17.3 Å². The highest BCUT2D eigenvalue weighted by Crippen LogP contribution is 2.38. The van der Waals surface area contributed by atoms with Crippen LogP contribution in [-0.4, -0.2) is 34.3 Å². The normalized spacial score (nSPS) is 21.4. The van der Waals surface area contributed by atoms with Gasteiger partial charge in [-0.05, 0) is 17.5 Å². The molecule has 130 valence electrons. The van der Waals surface area contributed by atoms with Gasteiger partial charge in [0.05, 0.1) is 9.80 Å². The highest BCUT2D eigenvalue weighted by atomic mass is 32.1. The van der Waals surface area contributed by atoms with Gasteiger partial charge in [-0.25, -0.2) is 4.90 Å². The number of imide groups is 1. The molecule has 0 bridgehead atoms. The Balaban J connectivity index is 1.72. The van der Waals surface area contributed by atoms with E-state index in [2.05, 4.69) is 5.16 Å². The van der Waals surface area contributed by atoms with Crippen molar-refractivity contribution in [3.8, 4) is 0 Å². The number of fused-ring (bicyclic) bond motifs is 1. The number of rotatable bonds is 4. The molecule has 26 heavy (non-hydrogen) atoms. The molecule has 0 saturated carbocycles. The number of para-hydroxylation sites is 2. The van der Waals surface area contributed by atoms with Gasteiger partial charge in [-0.15, -0.1) is 11.3 Å². The van der Waals surface area contributed by atoms with Crippen LogP contribution in [0, 0.1) is 16.0 Å². The SMILES string of the molecule is O=C(C1=NOC2C(=O)N(c3ccccc3[N+](=O)[O-])C(=O)C12)c1cccs1. The summed E-state index contributed by atoms with van der Waals surface area (Å²) >= 11 is 1.17. The third kappa shape index (κ3) is 2.23. The van der Waals surface area contributed by atoms with E-state index < -0.39 is 40.2 Å². The lowest BCUT2D eigenvalue weighted by Gasteiger charge is -2.15. The van der Waals surface area contributed by atoms with E-state index in [1.165, 1.54) is 35.6 Å². The van der Waals surface area contributed by atoms with Crippen LogP contribution in [0.3, 0.4) is 0 Å². The zero-order valence-electron chi connectivity index (χ0n) is 12.9. The first kappa shape index (κ1) is 16.1. The van der Waals surface area contributed by atoms with Gasteiger partial charge in [0.2, 0.25) is 17.8 Å². The van der Waals surface area contributed by atoms with Crippen molar-refractivity contribution in [2.45, 2.75) is 6.10 Å². The van der Waals surface area contributed by atoms with Gasteiger partial charge in [0.25, 0.3) is 11.6 Å². The number of thiophene rings is 1. The molecule has 1 saturated heterocycles. The quantitative estimate of drug-likeness (QED) is 0.350. The molecular formula is C16H9N3O6S. The van der Waals surface area contributed by atoms with Crippen molar-refractivity contribution in [2.75, 3.05) is 4.90 Å². The highest BCUT2D eigenvalue weighted by Gasteiger charge is 2.58. The molecule has 0 aliphatic carbocycles. The molecule has 0 N–H and O–H groups in total. The number of Topliss-reactive ketones (excluding diaryl/α,β-unsaturated/α-hetero) is 1. The molecule has 1 fully saturated rings. The predicted molar refractivity (Wildman–Crippen MR) is 90.0 cm³/mol. The van der Waals surface area contributed by atoms with E-state index in [4.69, 9.17) is 4.84 Å². The Bertz CT molecular complexity index is 984. The molecule has 0 spiro atoms. The average molecular weight is 371 g/mol. The molecule has 1 aromatic heterocycles. The maximum Gasteiger partial charge on any atom is 0.293 e. The Labute approximate surface area is 149 Å². The number of ketones is 1. The van der Waals surface area contributed by atoms with Gasteiger partial charge in [-0.1, -0.05) is 23.4 Å². The van der Waals surface area contributed by atoms with Crippen LogP contribution in [0.1, 0.15) is 9.67 Å². The molecule has 3 heterocycles. The number of carbonyl (C=O) groups is 3. The number of nitrogens with zero attached hydrogens (tertiary/aromatic N) is 3. The van der Waals surface area contributed by atoms with Crippen LogP contribution < -0.4 is 4.90 Å². The van der Waals surface area contributed by atoms with Crippen molar-refractivity contribution in [1.29, 1.82) is 0 Å². The molecule has 0 radical (unpaired) electrons. The fourth-order valence-corrected chi connectivity index (χ4v) is 3.62. The van der Waals surface area contributed by atoms with Gasteiger partial charge in [-0.3, -0.25) is 24.5 Å². The summed E-state index contributed by atoms with van der Waals surface area (Å²) in [6, 6.07) is 8.64. The zero-order valence-corrected chi connectivity index (χ0v) is 13.7. The lowest BCUT2D eigenvalue weighted by Crippen LogP contribution is -2.34. The van der Waals surface area contributed by atoms with Crippen molar-refractivity contribution in [2.24, 2.45) is 11.1 Å². The first-order valence-electron chi connectivity index (χ1n) is 7.44. The summed E-state index contributed by atoms with van der Waals surface area (Å²) in [5, 5.41) is 16.5. The van der Waals surface area contributed by atoms with Crippen LogP contribution in [0.4, 0.5) is 11.4 Å². The standard InChI is InChI=1S/C16H9N3O6S/c20-13(10-6-3-7-26-10)12-11-14(25-17-12)16(22)18(15(11)21)8-4-1-2-5-9(8)19(23)24/h1-7,11,14H.